The fourth-order valence-corrected chi connectivity index (χ4v) is 4.00. The first-order valence-electron chi connectivity index (χ1n) is 9.39. The molecule has 7 nitrogen and oxygen atoms in total. The van der Waals surface area contributed by atoms with Crippen LogP contribution in [0.5, 0.6) is 0 Å². The average molecular weight is 348 g/mol. The van der Waals surface area contributed by atoms with Gasteiger partial charge in [-0.1, -0.05) is 0 Å². The molecule has 0 aromatic carbocycles. The maximum Gasteiger partial charge on any atom is 0.228 e. The van der Waals surface area contributed by atoms with Gasteiger partial charge in [-0.15, -0.1) is 0 Å². The van der Waals surface area contributed by atoms with Crippen LogP contribution in [0.1, 0.15) is 43.3 Å². The lowest BCUT2D eigenvalue weighted by Crippen LogP contribution is -2.36. The predicted octanol–water partition coefficient (Wildman–Crippen LogP) is 1.17. The average Bonchev–Trinajstić information content (AvgIpc) is 3.33. The molecule has 7 heteroatoms. The molecule has 2 fully saturated rings. The van der Waals surface area contributed by atoms with E-state index in [4.69, 9.17) is 14.6 Å². The highest BCUT2D eigenvalue weighted by atomic mass is 16.5. The molecule has 0 N–H and O–H groups in total. The van der Waals surface area contributed by atoms with E-state index in [1.54, 1.807) is 0 Å². The van der Waals surface area contributed by atoms with E-state index in [0.29, 0.717) is 32.3 Å². The summed E-state index contributed by atoms with van der Waals surface area (Å²) in [7, 11) is 0. The number of aromatic nitrogens is 2. The highest BCUT2D eigenvalue weighted by Gasteiger charge is 2.35. The zero-order valence-electron chi connectivity index (χ0n) is 15.2. The van der Waals surface area contributed by atoms with Gasteiger partial charge in [0.1, 0.15) is 0 Å². The van der Waals surface area contributed by atoms with E-state index in [-0.39, 0.29) is 11.8 Å². The summed E-state index contributed by atoms with van der Waals surface area (Å²) in [6.07, 6.45) is 0.850. The van der Waals surface area contributed by atoms with Crippen LogP contribution in [0.3, 0.4) is 0 Å². The van der Waals surface area contributed by atoms with Gasteiger partial charge in [-0.05, 0) is 20.3 Å². The molecular formula is C18H28N4O3. The molecule has 0 aliphatic carbocycles. The zero-order chi connectivity index (χ0) is 17.4. The largest absolute Gasteiger partial charge is 0.381 e. The van der Waals surface area contributed by atoms with Crippen LogP contribution in [0.4, 0.5) is 0 Å². The number of morpholine rings is 1. The lowest BCUT2D eigenvalue weighted by molar-refractivity contribution is -0.136. The molecule has 1 unspecified atom stereocenters. The second-order valence-corrected chi connectivity index (χ2v) is 7.55. The first kappa shape index (κ1) is 17.0. The van der Waals surface area contributed by atoms with Gasteiger partial charge in [0.25, 0.3) is 0 Å². The van der Waals surface area contributed by atoms with Crippen molar-refractivity contribution in [2.75, 3.05) is 39.5 Å². The van der Waals surface area contributed by atoms with E-state index in [1.807, 2.05) is 4.90 Å². The standard InChI is InChI=1S/C18H28N4O3/c1-13(2)22-17-11-21(18(23)14-3-6-25-12-14)9-15(17)16(19-22)10-20-4-7-24-8-5-20/h13-14H,3-12H2,1-2H3. The van der Waals surface area contributed by atoms with Crippen LogP contribution < -0.4 is 0 Å². The molecule has 1 amide bonds. The second kappa shape index (κ2) is 7.05. The molecule has 0 radical (unpaired) electrons. The fraction of sp³-hybridized carbons (Fsp3) is 0.778. The molecule has 1 atom stereocenters. The number of rotatable bonds is 4. The SMILES string of the molecule is CC(C)n1nc(CN2CCOCC2)c2c1CN(C(=O)C1CCOC1)C2. The maximum atomic E-state index is 12.8. The summed E-state index contributed by atoms with van der Waals surface area (Å²) in [6.45, 7) is 11.3. The predicted molar refractivity (Wildman–Crippen MR) is 91.9 cm³/mol. The number of hydrogen-bond donors (Lipinski definition) is 0. The van der Waals surface area contributed by atoms with Crippen molar-refractivity contribution in [2.45, 2.75) is 45.9 Å². The van der Waals surface area contributed by atoms with Crippen LogP contribution in [-0.4, -0.2) is 65.0 Å². The summed E-state index contributed by atoms with van der Waals surface area (Å²) in [5.41, 5.74) is 3.60. The third-order valence-electron chi connectivity index (χ3n) is 5.45. The normalized spacial score (nSPS) is 24.3. The molecule has 2 saturated heterocycles. The minimum atomic E-state index is 0.0344. The van der Waals surface area contributed by atoms with Crippen molar-refractivity contribution >= 4 is 5.91 Å². The summed E-state index contributed by atoms with van der Waals surface area (Å²) in [6, 6.07) is 0.303. The summed E-state index contributed by atoms with van der Waals surface area (Å²) >= 11 is 0. The first-order chi connectivity index (χ1) is 12.1. The van der Waals surface area contributed by atoms with Gasteiger partial charge in [0.05, 0.1) is 43.7 Å². The Hall–Kier alpha value is -1.44. The summed E-state index contributed by atoms with van der Waals surface area (Å²) < 4.78 is 13.0. The molecule has 3 aliphatic rings. The van der Waals surface area contributed by atoms with Crippen molar-refractivity contribution in [1.29, 1.82) is 0 Å². The molecule has 0 bridgehead atoms. The van der Waals surface area contributed by atoms with Crippen LogP contribution in [0.2, 0.25) is 0 Å². The van der Waals surface area contributed by atoms with Gasteiger partial charge in [0.15, 0.2) is 0 Å². The minimum absolute atomic E-state index is 0.0344. The summed E-state index contributed by atoms with van der Waals surface area (Å²) in [4.78, 5) is 17.2. The third kappa shape index (κ3) is 3.32. The lowest BCUT2D eigenvalue weighted by atomic mass is 10.1. The van der Waals surface area contributed by atoms with Crippen molar-refractivity contribution in [1.82, 2.24) is 19.6 Å². The Morgan fingerprint density at radius 3 is 2.68 bits per heavy atom. The summed E-state index contributed by atoms with van der Waals surface area (Å²) in [5, 5.41) is 4.89. The highest BCUT2D eigenvalue weighted by molar-refractivity contribution is 5.79. The Kier molecular flexibility index (Phi) is 4.80. The van der Waals surface area contributed by atoms with Crippen LogP contribution in [0.25, 0.3) is 0 Å². The summed E-state index contributed by atoms with van der Waals surface area (Å²) in [5.74, 6) is 0.272. The molecule has 4 rings (SSSR count). The Labute approximate surface area is 148 Å². The van der Waals surface area contributed by atoms with Crippen molar-refractivity contribution < 1.29 is 14.3 Å². The van der Waals surface area contributed by atoms with E-state index in [0.717, 1.165) is 45.0 Å². The van der Waals surface area contributed by atoms with Gasteiger partial charge in [-0.25, -0.2) is 0 Å². The molecule has 1 aromatic heterocycles. The smallest absolute Gasteiger partial charge is 0.228 e. The molecule has 138 valence electrons. The fourth-order valence-electron chi connectivity index (χ4n) is 4.00. The number of fused-ring (bicyclic) bond motifs is 1. The van der Waals surface area contributed by atoms with Gasteiger partial charge in [0, 0.05) is 44.4 Å². The Bertz CT molecular complexity index is 631. The Balaban J connectivity index is 1.53. The maximum absolute atomic E-state index is 12.8. The molecule has 4 heterocycles. The van der Waals surface area contributed by atoms with Crippen LogP contribution in [-0.2, 0) is 33.9 Å². The monoisotopic (exact) mass is 348 g/mol. The van der Waals surface area contributed by atoms with E-state index in [2.05, 4.69) is 23.4 Å². The van der Waals surface area contributed by atoms with Gasteiger partial charge in [-0.3, -0.25) is 14.4 Å². The lowest BCUT2D eigenvalue weighted by Gasteiger charge is -2.26. The van der Waals surface area contributed by atoms with Gasteiger partial charge in [-0.2, -0.15) is 5.10 Å². The number of carbonyl (C=O) groups is 1. The first-order valence-corrected chi connectivity index (χ1v) is 9.39. The Morgan fingerprint density at radius 1 is 1.20 bits per heavy atom. The van der Waals surface area contributed by atoms with E-state index in [9.17, 15) is 4.79 Å². The molecule has 1 aromatic rings. The topological polar surface area (TPSA) is 59.8 Å². The number of carbonyl (C=O) groups excluding carboxylic acids is 1. The quantitative estimate of drug-likeness (QED) is 0.818. The van der Waals surface area contributed by atoms with E-state index >= 15 is 0 Å². The second-order valence-electron chi connectivity index (χ2n) is 7.55. The van der Waals surface area contributed by atoms with Crippen molar-refractivity contribution in [3.8, 4) is 0 Å². The number of amides is 1. The van der Waals surface area contributed by atoms with Gasteiger partial charge < -0.3 is 14.4 Å². The number of nitrogens with zero attached hydrogens (tertiary/aromatic N) is 4. The third-order valence-corrected chi connectivity index (χ3v) is 5.45. The highest BCUT2D eigenvalue weighted by Crippen LogP contribution is 2.31. The van der Waals surface area contributed by atoms with Crippen molar-refractivity contribution in [3.05, 3.63) is 17.0 Å². The Morgan fingerprint density at radius 2 is 2.00 bits per heavy atom. The minimum Gasteiger partial charge on any atom is -0.381 e. The molecule has 0 spiro atoms. The van der Waals surface area contributed by atoms with Crippen LogP contribution in [0, 0.1) is 5.92 Å². The van der Waals surface area contributed by atoms with Crippen LogP contribution >= 0.6 is 0 Å². The van der Waals surface area contributed by atoms with E-state index in [1.165, 1.54) is 11.3 Å². The molecule has 25 heavy (non-hydrogen) atoms. The molecule has 3 aliphatic heterocycles. The number of hydrogen-bond acceptors (Lipinski definition) is 5. The molecular weight excluding hydrogens is 320 g/mol. The number of ether oxygens (including phenoxy) is 2. The zero-order valence-corrected chi connectivity index (χ0v) is 15.2. The van der Waals surface area contributed by atoms with Gasteiger partial charge in [0.2, 0.25) is 5.91 Å². The van der Waals surface area contributed by atoms with Gasteiger partial charge >= 0.3 is 0 Å². The van der Waals surface area contributed by atoms with Crippen molar-refractivity contribution in [3.63, 3.8) is 0 Å². The molecule has 0 saturated carbocycles. The van der Waals surface area contributed by atoms with Crippen LogP contribution in [0.15, 0.2) is 0 Å². The van der Waals surface area contributed by atoms with E-state index < -0.39 is 0 Å². The van der Waals surface area contributed by atoms with Crippen molar-refractivity contribution in [2.24, 2.45) is 5.92 Å².